The lowest BCUT2D eigenvalue weighted by molar-refractivity contribution is 0.177. The Hall–Kier alpha value is -1.06. The predicted molar refractivity (Wildman–Crippen MR) is 65.9 cm³/mol. The van der Waals surface area contributed by atoms with Crippen molar-refractivity contribution in [3.63, 3.8) is 0 Å². The SMILES string of the molecule is CNC(CCOC)CCOc1ccccc1. The van der Waals surface area contributed by atoms with Crippen LogP contribution >= 0.6 is 0 Å². The molecule has 0 bridgehead atoms. The Bertz CT molecular complexity index is 264. The Morgan fingerprint density at radius 2 is 1.81 bits per heavy atom. The molecule has 0 saturated heterocycles. The van der Waals surface area contributed by atoms with Crippen LogP contribution in [0.3, 0.4) is 0 Å². The number of rotatable bonds is 8. The zero-order valence-corrected chi connectivity index (χ0v) is 10.1. The molecule has 0 radical (unpaired) electrons. The predicted octanol–water partition coefficient (Wildman–Crippen LogP) is 2.08. The van der Waals surface area contributed by atoms with Crippen molar-refractivity contribution in [2.45, 2.75) is 18.9 Å². The van der Waals surface area contributed by atoms with Crippen LogP contribution in [-0.2, 0) is 4.74 Å². The van der Waals surface area contributed by atoms with Crippen molar-refractivity contribution >= 4 is 0 Å². The average molecular weight is 223 g/mol. The Morgan fingerprint density at radius 3 is 2.44 bits per heavy atom. The van der Waals surface area contributed by atoms with Crippen molar-refractivity contribution in [1.29, 1.82) is 0 Å². The number of methoxy groups -OCH3 is 1. The third kappa shape index (κ3) is 5.14. The highest BCUT2D eigenvalue weighted by atomic mass is 16.5. The second-order valence-electron chi connectivity index (χ2n) is 3.72. The molecular formula is C13H21NO2. The van der Waals surface area contributed by atoms with Gasteiger partial charge >= 0.3 is 0 Å². The van der Waals surface area contributed by atoms with Gasteiger partial charge in [-0.25, -0.2) is 0 Å². The molecule has 0 aliphatic carbocycles. The van der Waals surface area contributed by atoms with Crippen molar-refractivity contribution in [2.24, 2.45) is 0 Å². The maximum absolute atomic E-state index is 5.64. The van der Waals surface area contributed by atoms with Crippen LogP contribution in [0.1, 0.15) is 12.8 Å². The lowest BCUT2D eigenvalue weighted by Crippen LogP contribution is -2.28. The first-order valence-electron chi connectivity index (χ1n) is 5.71. The molecule has 0 fully saturated rings. The molecule has 1 aromatic rings. The second kappa shape index (κ2) is 8.13. The molecule has 3 nitrogen and oxygen atoms in total. The van der Waals surface area contributed by atoms with E-state index in [2.05, 4.69) is 5.32 Å². The van der Waals surface area contributed by atoms with Gasteiger partial charge in [-0.2, -0.15) is 0 Å². The lowest BCUT2D eigenvalue weighted by Gasteiger charge is -2.15. The van der Waals surface area contributed by atoms with Gasteiger partial charge in [-0.05, 0) is 32.0 Å². The molecule has 1 N–H and O–H groups in total. The molecule has 0 aromatic heterocycles. The maximum atomic E-state index is 5.64. The van der Waals surface area contributed by atoms with E-state index in [0.29, 0.717) is 6.04 Å². The summed E-state index contributed by atoms with van der Waals surface area (Å²) in [6.07, 6.45) is 2.01. The summed E-state index contributed by atoms with van der Waals surface area (Å²) in [5.41, 5.74) is 0. The van der Waals surface area contributed by atoms with Gasteiger partial charge in [-0.3, -0.25) is 0 Å². The van der Waals surface area contributed by atoms with Crippen molar-refractivity contribution < 1.29 is 9.47 Å². The Morgan fingerprint density at radius 1 is 1.12 bits per heavy atom. The van der Waals surface area contributed by atoms with Gasteiger partial charge < -0.3 is 14.8 Å². The Balaban J connectivity index is 2.18. The van der Waals surface area contributed by atoms with Gasteiger partial charge in [0.2, 0.25) is 0 Å². The van der Waals surface area contributed by atoms with Crippen molar-refractivity contribution in [3.05, 3.63) is 30.3 Å². The van der Waals surface area contributed by atoms with Gasteiger partial charge in [-0.15, -0.1) is 0 Å². The summed E-state index contributed by atoms with van der Waals surface area (Å²) in [5.74, 6) is 0.934. The van der Waals surface area contributed by atoms with Gasteiger partial charge in [0, 0.05) is 19.8 Å². The van der Waals surface area contributed by atoms with Crippen LogP contribution in [0.4, 0.5) is 0 Å². The molecule has 3 heteroatoms. The van der Waals surface area contributed by atoms with Crippen LogP contribution in [0.25, 0.3) is 0 Å². The van der Waals surface area contributed by atoms with Crippen molar-refractivity contribution in [1.82, 2.24) is 5.32 Å². The van der Waals surface area contributed by atoms with Gasteiger partial charge in [0.1, 0.15) is 5.75 Å². The summed E-state index contributed by atoms with van der Waals surface area (Å²) in [7, 11) is 3.70. The molecule has 16 heavy (non-hydrogen) atoms. The molecule has 0 amide bonds. The van der Waals surface area contributed by atoms with Crippen molar-refractivity contribution in [2.75, 3.05) is 27.4 Å². The summed E-state index contributed by atoms with van der Waals surface area (Å²) in [6, 6.07) is 10.4. The molecule has 90 valence electrons. The quantitative estimate of drug-likeness (QED) is 0.732. The minimum absolute atomic E-state index is 0.462. The number of hydrogen-bond donors (Lipinski definition) is 1. The first-order chi connectivity index (χ1) is 7.86. The van der Waals surface area contributed by atoms with E-state index in [0.717, 1.165) is 31.8 Å². The molecule has 1 aromatic carbocycles. The fourth-order valence-corrected chi connectivity index (χ4v) is 1.53. The molecule has 0 spiro atoms. The van der Waals surface area contributed by atoms with Crippen LogP contribution in [0.15, 0.2) is 30.3 Å². The molecule has 1 rings (SSSR count). The summed E-state index contributed by atoms with van der Waals surface area (Å²) < 4.78 is 10.7. The highest BCUT2D eigenvalue weighted by Gasteiger charge is 2.05. The molecule has 0 aliphatic rings. The number of para-hydroxylation sites is 1. The summed E-state index contributed by atoms with van der Waals surface area (Å²) in [4.78, 5) is 0. The van der Waals surface area contributed by atoms with Crippen LogP contribution in [0.2, 0.25) is 0 Å². The highest BCUT2D eigenvalue weighted by Crippen LogP contribution is 2.09. The minimum Gasteiger partial charge on any atom is -0.494 e. The van der Waals surface area contributed by atoms with E-state index >= 15 is 0 Å². The zero-order chi connectivity index (χ0) is 11.6. The molecule has 1 atom stereocenters. The van der Waals surface area contributed by atoms with E-state index in [1.807, 2.05) is 37.4 Å². The molecule has 0 aliphatic heterocycles. The van der Waals surface area contributed by atoms with Crippen LogP contribution < -0.4 is 10.1 Å². The Kier molecular flexibility index (Phi) is 6.61. The van der Waals surface area contributed by atoms with Crippen LogP contribution in [0.5, 0.6) is 5.75 Å². The first-order valence-corrected chi connectivity index (χ1v) is 5.71. The van der Waals surface area contributed by atoms with Gasteiger partial charge in [0.15, 0.2) is 0 Å². The average Bonchev–Trinajstić information content (AvgIpc) is 2.35. The van der Waals surface area contributed by atoms with E-state index < -0.39 is 0 Å². The standard InChI is InChI=1S/C13H21NO2/c1-14-12(8-10-15-2)9-11-16-13-6-4-3-5-7-13/h3-7,12,14H,8-11H2,1-2H3. The third-order valence-electron chi connectivity index (χ3n) is 2.56. The number of hydrogen-bond acceptors (Lipinski definition) is 3. The highest BCUT2D eigenvalue weighted by molar-refractivity contribution is 5.20. The van der Waals surface area contributed by atoms with Gasteiger partial charge in [0.25, 0.3) is 0 Å². The van der Waals surface area contributed by atoms with E-state index in [1.54, 1.807) is 7.11 Å². The fraction of sp³-hybridized carbons (Fsp3) is 0.538. The summed E-state index contributed by atoms with van der Waals surface area (Å²) >= 11 is 0. The normalized spacial score (nSPS) is 12.4. The number of benzene rings is 1. The molecule has 0 saturated carbocycles. The fourth-order valence-electron chi connectivity index (χ4n) is 1.53. The number of ether oxygens (including phenoxy) is 2. The van der Waals surface area contributed by atoms with E-state index in [4.69, 9.17) is 9.47 Å². The van der Waals surface area contributed by atoms with E-state index in [-0.39, 0.29) is 0 Å². The maximum Gasteiger partial charge on any atom is 0.119 e. The number of nitrogens with one attached hydrogen (secondary N) is 1. The zero-order valence-electron chi connectivity index (χ0n) is 10.1. The largest absolute Gasteiger partial charge is 0.494 e. The van der Waals surface area contributed by atoms with Crippen LogP contribution in [-0.4, -0.2) is 33.4 Å². The van der Waals surface area contributed by atoms with Gasteiger partial charge in [0.05, 0.1) is 6.61 Å². The Labute approximate surface area is 97.8 Å². The smallest absolute Gasteiger partial charge is 0.119 e. The molecule has 1 unspecified atom stereocenters. The van der Waals surface area contributed by atoms with Crippen molar-refractivity contribution in [3.8, 4) is 5.75 Å². The van der Waals surface area contributed by atoms with Crippen LogP contribution in [0, 0.1) is 0 Å². The molecule has 0 heterocycles. The summed E-state index contributed by atoms with van der Waals surface area (Å²) in [6.45, 7) is 1.52. The lowest BCUT2D eigenvalue weighted by atomic mass is 10.1. The first kappa shape index (κ1) is 13.0. The monoisotopic (exact) mass is 223 g/mol. The third-order valence-corrected chi connectivity index (χ3v) is 2.56. The second-order valence-corrected chi connectivity index (χ2v) is 3.72. The minimum atomic E-state index is 0.462. The van der Waals surface area contributed by atoms with Gasteiger partial charge in [-0.1, -0.05) is 18.2 Å². The summed E-state index contributed by atoms with van der Waals surface area (Å²) in [5, 5.41) is 3.26. The van der Waals surface area contributed by atoms with E-state index in [1.165, 1.54) is 0 Å². The topological polar surface area (TPSA) is 30.5 Å². The van der Waals surface area contributed by atoms with E-state index in [9.17, 15) is 0 Å². The molecular weight excluding hydrogens is 202 g/mol.